The molecular weight excluding hydrogens is 372 g/mol. The Kier molecular flexibility index (Phi) is 3.90. The molecule has 0 saturated carbocycles. The van der Waals surface area contributed by atoms with E-state index in [1.807, 2.05) is 0 Å². The van der Waals surface area contributed by atoms with Gasteiger partial charge in [-0.2, -0.15) is 0 Å². The summed E-state index contributed by atoms with van der Waals surface area (Å²) in [6.07, 6.45) is 0.333. The molecule has 1 heterocycles. The van der Waals surface area contributed by atoms with Gasteiger partial charge in [-0.3, -0.25) is 4.79 Å². The molecule has 0 bridgehead atoms. The van der Waals surface area contributed by atoms with Gasteiger partial charge in [-0.25, -0.2) is 12.8 Å². The van der Waals surface area contributed by atoms with Gasteiger partial charge in [0.15, 0.2) is 9.84 Å². The lowest BCUT2D eigenvalue weighted by Crippen LogP contribution is -2.24. The number of hydrogen-bond acceptors (Lipinski definition) is 3. The van der Waals surface area contributed by atoms with Crippen molar-refractivity contribution < 1.29 is 17.6 Å². The van der Waals surface area contributed by atoms with E-state index in [4.69, 9.17) is 0 Å². The number of hydrogen-bond donors (Lipinski definition) is 1. The molecule has 1 aromatic rings. The van der Waals surface area contributed by atoms with Crippen molar-refractivity contribution in [3.05, 3.63) is 27.6 Å². The molecule has 1 amide bonds. The Labute approximate surface area is 118 Å². The highest BCUT2D eigenvalue weighted by Crippen LogP contribution is 2.24. The van der Waals surface area contributed by atoms with E-state index in [9.17, 15) is 17.6 Å². The molecule has 1 aromatic carbocycles. The van der Waals surface area contributed by atoms with Crippen LogP contribution in [0.15, 0.2) is 18.2 Å². The predicted molar refractivity (Wildman–Crippen MR) is 74.5 cm³/mol. The fraction of sp³-hybridized carbons (Fsp3) is 0.364. The van der Waals surface area contributed by atoms with Crippen LogP contribution in [0.3, 0.4) is 0 Å². The van der Waals surface area contributed by atoms with Crippen LogP contribution in [0.4, 0.5) is 10.1 Å². The Morgan fingerprint density at radius 3 is 2.78 bits per heavy atom. The fourth-order valence-corrected chi connectivity index (χ4v) is 4.07. The summed E-state index contributed by atoms with van der Waals surface area (Å²) >= 11 is 1.80. The molecule has 2 rings (SSSR count). The highest BCUT2D eigenvalue weighted by Gasteiger charge is 2.33. The Bertz CT molecular complexity index is 588. The third-order valence-electron chi connectivity index (χ3n) is 2.81. The van der Waals surface area contributed by atoms with Gasteiger partial charge in [0.1, 0.15) is 5.82 Å². The standard InChI is InChI=1S/C11H11FINO3S/c12-8-2-1-3-9(10(8)13)14-11(15)7-4-5-18(16,17)6-7/h1-3,7H,4-6H2,(H,14,15). The molecule has 0 aliphatic carbocycles. The minimum Gasteiger partial charge on any atom is -0.325 e. The number of rotatable bonds is 2. The third-order valence-corrected chi connectivity index (χ3v) is 5.68. The summed E-state index contributed by atoms with van der Waals surface area (Å²) in [7, 11) is -3.09. The quantitative estimate of drug-likeness (QED) is 0.793. The van der Waals surface area contributed by atoms with Crippen LogP contribution in [0.1, 0.15) is 6.42 Å². The molecule has 4 nitrogen and oxygen atoms in total. The van der Waals surface area contributed by atoms with Crippen molar-refractivity contribution in [2.75, 3.05) is 16.8 Å². The van der Waals surface area contributed by atoms with E-state index in [0.717, 1.165) is 0 Å². The fourth-order valence-electron chi connectivity index (χ4n) is 1.84. The van der Waals surface area contributed by atoms with E-state index in [1.165, 1.54) is 12.1 Å². The summed E-state index contributed by atoms with van der Waals surface area (Å²) in [6, 6.07) is 4.39. The van der Waals surface area contributed by atoms with Crippen LogP contribution in [-0.2, 0) is 14.6 Å². The van der Waals surface area contributed by atoms with Crippen LogP contribution in [0.5, 0.6) is 0 Å². The maximum Gasteiger partial charge on any atom is 0.228 e. The first kappa shape index (κ1) is 13.7. The zero-order valence-corrected chi connectivity index (χ0v) is 12.3. The summed E-state index contributed by atoms with van der Waals surface area (Å²) in [5.74, 6) is -1.38. The molecule has 7 heteroatoms. The second-order valence-electron chi connectivity index (χ2n) is 4.19. The molecule has 1 aliphatic heterocycles. The summed E-state index contributed by atoms with van der Waals surface area (Å²) in [5, 5.41) is 2.58. The van der Waals surface area contributed by atoms with Crippen molar-refractivity contribution in [2.24, 2.45) is 5.92 Å². The van der Waals surface area contributed by atoms with Crippen LogP contribution in [0, 0.1) is 15.3 Å². The van der Waals surface area contributed by atoms with Gasteiger partial charge in [0.2, 0.25) is 5.91 Å². The van der Waals surface area contributed by atoms with Crippen LogP contribution >= 0.6 is 22.6 Å². The van der Waals surface area contributed by atoms with Gasteiger partial charge in [-0.1, -0.05) is 6.07 Å². The number of anilines is 1. The first-order chi connectivity index (χ1) is 8.39. The lowest BCUT2D eigenvalue weighted by molar-refractivity contribution is -0.119. The van der Waals surface area contributed by atoms with Gasteiger partial charge in [0.25, 0.3) is 0 Å². The van der Waals surface area contributed by atoms with Gasteiger partial charge < -0.3 is 5.32 Å². The van der Waals surface area contributed by atoms with E-state index in [-0.39, 0.29) is 17.4 Å². The highest BCUT2D eigenvalue weighted by atomic mass is 127. The second kappa shape index (κ2) is 5.12. The highest BCUT2D eigenvalue weighted by molar-refractivity contribution is 14.1. The molecule has 0 aromatic heterocycles. The van der Waals surface area contributed by atoms with Crippen molar-refractivity contribution >= 4 is 44.0 Å². The molecule has 1 atom stereocenters. The monoisotopic (exact) mass is 383 g/mol. The number of benzene rings is 1. The molecule has 98 valence electrons. The van der Waals surface area contributed by atoms with Gasteiger partial charge in [-0.15, -0.1) is 0 Å². The lowest BCUT2D eigenvalue weighted by Gasteiger charge is -2.11. The van der Waals surface area contributed by atoms with Crippen LogP contribution < -0.4 is 5.32 Å². The number of nitrogens with one attached hydrogen (secondary N) is 1. The third kappa shape index (κ3) is 3.00. The minimum atomic E-state index is -3.09. The number of carbonyl (C=O) groups is 1. The molecule has 1 N–H and O–H groups in total. The first-order valence-corrected chi connectivity index (χ1v) is 8.24. The van der Waals surface area contributed by atoms with E-state index in [1.54, 1.807) is 28.7 Å². The Morgan fingerprint density at radius 2 is 2.17 bits per heavy atom. The number of sulfone groups is 1. The average Bonchev–Trinajstić information content (AvgIpc) is 2.65. The van der Waals surface area contributed by atoms with Gasteiger partial charge in [0.05, 0.1) is 26.7 Å². The van der Waals surface area contributed by atoms with Crippen LogP contribution in [-0.4, -0.2) is 25.8 Å². The van der Waals surface area contributed by atoms with Crippen LogP contribution in [0.25, 0.3) is 0 Å². The van der Waals surface area contributed by atoms with Crippen molar-refractivity contribution in [3.63, 3.8) is 0 Å². The van der Waals surface area contributed by atoms with E-state index < -0.39 is 21.6 Å². The molecule has 1 saturated heterocycles. The van der Waals surface area contributed by atoms with Crippen molar-refractivity contribution in [2.45, 2.75) is 6.42 Å². The zero-order valence-electron chi connectivity index (χ0n) is 9.32. The molecule has 18 heavy (non-hydrogen) atoms. The second-order valence-corrected chi connectivity index (χ2v) is 7.50. The molecule has 1 unspecified atom stereocenters. The number of halogens is 2. The summed E-state index contributed by atoms with van der Waals surface area (Å²) in [5.41, 5.74) is 0.380. The smallest absolute Gasteiger partial charge is 0.228 e. The average molecular weight is 383 g/mol. The topological polar surface area (TPSA) is 63.2 Å². The minimum absolute atomic E-state index is 0.0470. The van der Waals surface area contributed by atoms with E-state index in [2.05, 4.69) is 5.32 Å². The summed E-state index contributed by atoms with van der Waals surface area (Å²) in [6.45, 7) is 0. The summed E-state index contributed by atoms with van der Waals surface area (Å²) in [4.78, 5) is 11.9. The lowest BCUT2D eigenvalue weighted by atomic mass is 10.1. The molecular formula is C11H11FINO3S. The maximum absolute atomic E-state index is 13.3. The van der Waals surface area contributed by atoms with Gasteiger partial charge >= 0.3 is 0 Å². The SMILES string of the molecule is O=C(Nc1cccc(F)c1I)C1CCS(=O)(=O)C1. The first-order valence-electron chi connectivity index (χ1n) is 5.34. The normalized spacial score (nSPS) is 21.8. The molecule has 1 fully saturated rings. The Balaban J connectivity index is 2.11. The van der Waals surface area contributed by atoms with Crippen molar-refractivity contribution in [1.82, 2.24) is 0 Å². The zero-order chi connectivity index (χ0) is 13.3. The van der Waals surface area contributed by atoms with E-state index in [0.29, 0.717) is 15.7 Å². The largest absolute Gasteiger partial charge is 0.325 e. The molecule has 1 aliphatic rings. The number of amides is 1. The predicted octanol–water partition coefficient (Wildman–Crippen LogP) is 1.80. The van der Waals surface area contributed by atoms with Crippen molar-refractivity contribution in [1.29, 1.82) is 0 Å². The van der Waals surface area contributed by atoms with Crippen LogP contribution in [0.2, 0.25) is 0 Å². The Hall–Kier alpha value is -0.700. The van der Waals surface area contributed by atoms with E-state index >= 15 is 0 Å². The summed E-state index contributed by atoms with van der Waals surface area (Å²) < 4.78 is 36.2. The maximum atomic E-state index is 13.3. The Morgan fingerprint density at radius 1 is 1.44 bits per heavy atom. The van der Waals surface area contributed by atoms with Crippen molar-refractivity contribution in [3.8, 4) is 0 Å². The van der Waals surface area contributed by atoms with Gasteiger partial charge in [0, 0.05) is 0 Å². The molecule has 0 spiro atoms. The van der Waals surface area contributed by atoms with Gasteiger partial charge in [-0.05, 0) is 41.1 Å². The molecule has 0 radical (unpaired) electrons. The number of carbonyl (C=O) groups excluding carboxylic acids is 1.